The highest BCUT2D eigenvalue weighted by Crippen LogP contribution is 2.20. The van der Waals surface area contributed by atoms with Crippen LogP contribution in [0.3, 0.4) is 0 Å². The van der Waals surface area contributed by atoms with Crippen molar-refractivity contribution < 1.29 is 8.42 Å². The van der Waals surface area contributed by atoms with Crippen molar-refractivity contribution in [1.29, 1.82) is 0 Å². The van der Waals surface area contributed by atoms with Gasteiger partial charge in [-0.3, -0.25) is 4.57 Å². The highest BCUT2D eigenvalue weighted by Gasteiger charge is 2.25. The van der Waals surface area contributed by atoms with Gasteiger partial charge in [0.25, 0.3) is 5.16 Å². The SMILES string of the molecule is Cc1ccccc1-n1cnnc1S(=O)(=O)Cc1cn(C(C)C)nn1. The summed E-state index contributed by atoms with van der Waals surface area (Å²) in [6.45, 7) is 5.80. The van der Waals surface area contributed by atoms with Crippen molar-refractivity contribution in [2.45, 2.75) is 37.7 Å². The quantitative estimate of drug-likeness (QED) is 0.698. The number of hydrogen-bond acceptors (Lipinski definition) is 6. The van der Waals surface area contributed by atoms with Gasteiger partial charge in [-0.1, -0.05) is 23.4 Å². The minimum absolute atomic E-state index is 0.101. The second-order valence-electron chi connectivity index (χ2n) is 5.81. The zero-order chi connectivity index (χ0) is 17.3. The van der Waals surface area contributed by atoms with Crippen LogP contribution >= 0.6 is 0 Å². The maximum Gasteiger partial charge on any atom is 0.254 e. The molecule has 126 valence electrons. The average molecular weight is 346 g/mol. The summed E-state index contributed by atoms with van der Waals surface area (Å²) in [6, 6.07) is 7.57. The molecule has 0 aliphatic rings. The summed E-state index contributed by atoms with van der Waals surface area (Å²) in [6.07, 6.45) is 3.04. The van der Waals surface area contributed by atoms with E-state index >= 15 is 0 Å². The van der Waals surface area contributed by atoms with Crippen LogP contribution in [0.25, 0.3) is 5.69 Å². The molecule has 9 heteroatoms. The first-order valence-electron chi connectivity index (χ1n) is 7.48. The third-order valence-corrected chi connectivity index (χ3v) is 5.10. The Balaban J connectivity index is 1.96. The fourth-order valence-corrected chi connectivity index (χ4v) is 3.59. The number of benzene rings is 1. The zero-order valence-corrected chi connectivity index (χ0v) is 14.5. The molecule has 0 amide bonds. The molecule has 0 atom stereocenters. The third kappa shape index (κ3) is 3.07. The second-order valence-corrected chi connectivity index (χ2v) is 7.70. The molecule has 0 saturated carbocycles. The number of hydrogen-bond donors (Lipinski definition) is 0. The third-order valence-electron chi connectivity index (χ3n) is 3.59. The Bertz CT molecular complexity index is 958. The molecule has 0 bridgehead atoms. The smallest absolute Gasteiger partial charge is 0.254 e. The van der Waals surface area contributed by atoms with Gasteiger partial charge < -0.3 is 0 Å². The minimum atomic E-state index is -3.70. The number of nitrogens with zero attached hydrogens (tertiary/aromatic N) is 6. The van der Waals surface area contributed by atoms with E-state index in [1.54, 1.807) is 10.9 Å². The van der Waals surface area contributed by atoms with E-state index in [0.29, 0.717) is 5.69 Å². The molecular weight excluding hydrogens is 328 g/mol. The maximum absolute atomic E-state index is 12.7. The lowest BCUT2D eigenvalue weighted by molar-refractivity contribution is 0.514. The molecule has 0 saturated heterocycles. The van der Waals surface area contributed by atoms with Gasteiger partial charge >= 0.3 is 0 Å². The number of para-hydroxylation sites is 1. The first-order chi connectivity index (χ1) is 11.4. The van der Waals surface area contributed by atoms with E-state index in [1.165, 1.54) is 10.9 Å². The summed E-state index contributed by atoms with van der Waals surface area (Å²) in [5, 5.41) is 15.4. The summed E-state index contributed by atoms with van der Waals surface area (Å²) in [7, 11) is -3.70. The van der Waals surface area contributed by atoms with E-state index < -0.39 is 9.84 Å². The first kappa shape index (κ1) is 16.3. The van der Waals surface area contributed by atoms with E-state index in [1.807, 2.05) is 45.0 Å². The summed E-state index contributed by atoms with van der Waals surface area (Å²) in [4.78, 5) is 0. The standard InChI is InChI=1S/C15H18N6O2S/c1-11(2)21-8-13(17-19-21)9-24(22,23)15-18-16-10-20(15)14-7-5-4-6-12(14)3/h4-8,10-11H,9H2,1-3H3. The fraction of sp³-hybridized carbons (Fsp3) is 0.333. The van der Waals surface area contributed by atoms with Crippen LogP contribution in [0, 0.1) is 6.92 Å². The lowest BCUT2D eigenvalue weighted by Crippen LogP contribution is -2.12. The Morgan fingerprint density at radius 1 is 1.17 bits per heavy atom. The average Bonchev–Trinajstić information content (AvgIpc) is 3.16. The van der Waals surface area contributed by atoms with E-state index in [-0.39, 0.29) is 17.0 Å². The van der Waals surface area contributed by atoms with Gasteiger partial charge in [0.15, 0.2) is 0 Å². The summed E-state index contributed by atoms with van der Waals surface area (Å²) in [5.41, 5.74) is 2.04. The molecule has 0 N–H and O–H groups in total. The molecule has 0 radical (unpaired) electrons. The van der Waals surface area contributed by atoms with Gasteiger partial charge in [0.1, 0.15) is 12.1 Å². The topological polar surface area (TPSA) is 95.6 Å². The Labute approximate surface area is 140 Å². The van der Waals surface area contributed by atoms with Crippen LogP contribution in [0.15, 0.2) is 41.9 Å². The lowest BCUT2D eigenvalue weighted by Gasteiger charge is -2.09. The molecule has 2 aromatic heterocycles. The van der Waals surface area contributed by atoms with E-state index in [2.05, 4.69) is 20.5 Å². The minimum Gasteiger partial charge on any atom is -0.272 e. The molecule has 3 rings (SSSR count). The van der Waals surface area contributed by atoms with Gasteiger partial charge in [0.05, 0.1) is 11.4 Å². The van der Waals surface area contributed by atoms with Crippen LogP contribution in [-0.2, 0) is 15.6 Å². The van der Waals surface area contributed by atoms with Crippen LogP contribution < -0.4 is 0 Å². The molecule has 3 aromatic rings. The molecule has 1 aromatic carbocycles. The van der Waals surface area contributed by atoms with Crippen molar-refractivity contribution in [3.63, 3.8) is 0 Å². The van der Waals surface area contributed by atoms with Crippen molar-refractivity contribution in [3.05, 3.63) is 48.0 Å². The van der Waals surface area contributed by atoms with Crippen LogP contribution in [0.1, 0.15) is 31.1 Å². The molecule has 0 aliphatic heterocycles. The predicted octanol–water partition coefficient (Wildman–Crippen LogP) is 1.72. The summed E-state index contributed by atoms with van der Waals surface area (Å²) in [5.74, 6) is -0.274. The van der Waals surface area contributed by atoms with Gasteiger partial charge in [-0.2, -0.15) is 0 Å². The van der Waals surface area contributed by atoms with Crippen LogP contribution in [0.2, 0.25) is 0 Å². The summed E-state index contributed by atoms with van der Waals surface area (Å²) >= 11 is 0. The molecule has 2 heterocycles. The van der Waals surface area contributed by atoms with Crippen molar-refractivity contribution in [2.75, 3.05) is 0 Å². The number of rotatable bonds is 5. The van der Waals surface area contributed by atoms with E-state index in [9.17, 15) is 8.42 Å². The molecule has 0 unspecified atom stereocenters. The molecule has 0 fully saturated rings. The predicted molar refractivity (Wildman–Crippen MR) is 87.4 cm³/mol. The monoisotopic (exact) mass is 346 g/mol. The van der Waals surface area contributed by atoms with Crippen molar-refractivity contribution in [1.82, 2.24) is 29.8 Å². The normalized spacial score (nSPS) is 12.0. The van der Waals surface area contributed by atoms with Gasteiger partial charge in [-0.05, 0) is 32.4 Å². The Morgan fingerprint density at radius 2 is 1.92 bits per heavy atom. The van der Waals surface area contributed by atoms with Crippen molar-refractivity contribution in [2.24, 2.45) is 0 Å². The number of aryl methyl sites for hydroxylation is 1. The van der Waals surface area contributed by atoms with Crippen molar-refractivity contribution in [3.8, 4) is 5.69 Å². The van der Waals surface area contributed by atoms with E-state index in [0.717, 1.165) is 11.3 Å². The fourth-order valence-electron chi connectivity index (χ4n) is 2.33. The van der Waals surface area contributed by atoms with Gasteiger partial charge in [0, 0.05) is 12.2 Å². The molecular formula is C15H18N6O2S. The summed E-state index contributed by atoms with van der Waals surface area (Å²) < 4.78 is 28.6. The molecule has 24 heavy (non-hydrogen) atoms. The highest BCUT2D eigenvalue weighted by atomic mass is 32.2. The number of aromatic nitrogens is 6. The number of sulfone groups is 1. The zero-order valence-electron chi connectivity index (χ0n) is 13.7. The van der Waals surface area contributed by atoms with Crippen molar-refractivity contribution >= 4 is 9.84 Å². The Morgan fingerprint density at radius 3 is 2.58 bits per heavy atom. The van der Waals surface area contributed by atoms with Crippen LogP contribution in [-0.4, -0.2) is 38.2 Å². The van der Waals surface area contributed by atoms with Gasteiger partial charge in [-0.15, -0.1) is 15.3 Å². The Kier molecular flexibility index (Phi) is 4.18. The lowest BCUT2D eigenvalue weighted by atomic mass is 10.2. The highest BCUT2D eigenvalue weighted by molar-refractivity contribution is 7.90. The Hall–Kier alpha value is -2.55. The molecule has 8 nitrogen and oxygen atoms in total. The maximum atomic E-state index is 12.7. The second kappa shape index (κ2) is 6.16. The van der Waals surface area contributed by atoms with E-state index in [4.69, 9.17) is 0 Å². The van der Waals surface area contributed by atoms with Gasteiger partial charge in [-0.25, -0.2) is 13.1 Å². The molecule has 0 spiro atoms. The first-order valence-corrected chi connectivity index (χ1v) is 9.13. The largest absolute Gasteiger partial charge is 0.272 e. The van der Waals surface area contributed by atoms with Crippen LogP contribution in [0.5, 0.6) is 0 Å². The van der Waals surface area contributed by atoms with Gasteiger partial charge in [0.2, 0.25) is 9.84 Å². The van der Waals surface area contributed by atoms with Crippen LogP contribution in [0.4, 0.5) is 0 Å². The molecule has 0 aliphatic carbocycles.